The molecule has 1 heterocycles. The summed E-state index contributed by atoms with van der Waals surface area (Å²) in [6.45, 7) is 12.1. The Bertz CT molecular complexity index is 540. The van der Waals surface area contributed by atoms with E-state index in [-0.39, 0.29) is 11.8 Å². The molecule has 0 radical (unpaired) electrons. The highest BCUT2D eigenvalue weighted by Crippen LogP contribution is 2.22. The van der Waals surface area contributed by atoms with Crippen molar-refractivity contribution in [2.24, 2.45) is 0 Å². The molecule has 120 valence electrons. The second-order valence-electron chi connectivity index (χ2n) is 4.94. The molecule has 0 spiro atoms. The Labute approximate surface area is 130 Å². The number of carbonyl (C=O) groups is 2. The van der Waals surface area contributed by atoms with Crippen molar-refractivity contribution in [1.29, 1.82) is 0 Å². The third-order valence-corrected chi connectivity index (χ3v) is 3.26. The fourth-order valence-electron chi connectivity index (χ4n) is 1.93. The van der Waals surface area contributed by atoms with E-state index in [0.29, 0.717) is 18.8 Å². The molecule has 1 rings (SSSR count). The first-order valence-corrected chi connectivity index (χ1v) is 7.00. The molecule has 6 heteroatoms. The number of carbonyl (C=O) groups excluding carboxylic acids is 1. The van der Waals surface area contributed by atoms with E-state index < -0.39 is 17.9 Å². The summed E-state index contributed by atoms with van der Waals surface area (Å²) in [5, 5.41) is 11.1. The molecule has 1 aromatic heterocycles. The predicted molar refractivity (Wildman–Crippen MR) is 83.7 cm³/mol. The van der Waals surface area contributed by atoms with E-state index in [1.54, 1.807) is 18.2 Å². The van der Waals surface area contributed by atoms with Crippen molar-refractivity contribution in [2.45, 2.75) is 25.9 Å². The number of nitrogens with one attached hydrogen (secondary N) is 1. The average Bonchev–Trinajstić information content (AvgIpc) is 2.96. The zero-order valence-electron chi connectivity index (χ0n) is 12.9. The van der Waals surface area contributed by atoms with Crippen LogP contribution in [-0.4, -0.2) is 41.0 Å². The number of aliphatic carboxylic acids is 1. The summed E-state index contributed by atoms with van der Waals surface area (Å²) >= 11 is 0. The molecular weight excluding hydrogens is 284 g/mol. The van der Waals surface area contributed by atoms with Crippen LogP contribution in [0.1, 0.15) is 36.2 Å². The molecular formula is C16H22N2O4. The van der Waals surface area contributed by atoms with Gasteiger partial charge in [0.2, 0.25) is 0 Å². The first-order valence-electron chi connectivity index (χ1n) is 7.00. The number of carboxylic acids is 1. The molecule has 0 saturated carbocycles. The van der Waals surface area contributed by atoms with E-state index >= 15 is 0 Å². The Balaban J connectivity index is 2.81. The van der Waals surface area contributed by atoms with Crippen molar-refractivity contribution >= 4 is 11.9 Å². The van der Waals surface area contributed by atoms with Gasteiger partial charge in [-0.25, -0.2) is 0 Å². The molecule has 2 unspecified atom stereocenters. The molecule has 2 atom stereocenters. The minimum Gasteiger partial charge on any atom is -0.480 e. The highest BCUT2D eigenvalue weighted by Gasteiger charge is 2.21. The minimum absolute atomic E-state index is 0.0607. The number of amides is 1. The fourth-order valence-corrected chi connectivity index (χ4v) is 1.93. The molecule has 0 aliphatic heterocycles. The van der Waals surface area contributed by atoms with Gasteiger partial charge in [0.1, 0.15) is 11.8 Å². The molecule has 0 saturated heterocycles. The van der Waals surface area contributed by atoms with E-state index in [1.165, 1.54) is 13.0 Å². The first-order chi connectivity index (χ1) is 10.4. The van der Waals surface area contributed by atoms with Gasteiger partial charge < -0.3 is 14.8 Å². The lowest BCUT2D eigenvalue weighted by molar-refractivity contribution is -0.138. The molecule has 22 heavy (non-hydrogen) atoms. The van der Waals surface area contributed by atoms with Crippen LogP contribution < -0.4 is 5.32 Å². The highest BCUT2D eigenvalue weighted by atomic mass is 16.4. The Hall–Kier alpha value is -2.34. The summed E-state index contributed by atoms with van der Waals surface area (Å²) in [6, 6.07) is 2.21. The molecule has 1 amide bonds. The highest BCUT2D eigenvalue weighted by molar-refractivity contribution is 5.94. The van der Waals surface area contributed by atoms with Crippen LogP contribution in [0.2, 0.25) is 0 Å². The van der Waals surface area contributed by atoms with Crippen molar-refractivity contribution in [1.82, 2.24) is 10.2 Å². The predicted octanol–water partition coefficient (Wildman–Crippen LogP) is 2.22. The smallest absolute Gasteiger partial charge is 0.325 e. The van der Waals surface area contributed by atoms with Crippen LogP contribution in [0.15, 0.2) is 41.9 Å². The lowest BCUT2D eigenvalue weighted by Crippen LogP contribution is -2.38. The van der Waals surface area contributed by atoms with Crippen molar-refractivity contribution in [3.05, 3.63) is 49.0 Å². The van der Waals surface area contributed by atoms with Gasteiger partial charge in [0.15, 0.2) is 5.76 Å². The van der Waals surface area contributed by atoms with E-state index in [1.807, 2.05) is 6.92 Å². The largest absolute Gasteiger partial charge is 0.480 e. The summed E-state index contributed by atoms with van der Waals surface area (Å²) in [7, 11) is 0. The van der Waals surface area contributed by atoms with Gasteiger partial charge in [-0.2, -0.15) is 0 Å². The molecule has 0 bridgehead atoms. The third-order valence-electron chi connectivity index (χ3n) is 3.26. The molecule has 0 aliphatic carbocycles. The molecule has 6 nitrogen and oxygen atoms in total. The summed E-state index contributed by atoms with van der Waals surface area (Å²) in [5.74, 6) is -0.937. The molecule has 0 fully saturated rings. The van der Waals surface area contributed by atoms with E-state index in [2.05, 4.69) is 23.4 Å². The van der Waals surface area contributed by atoms with Crippen LogP contribution in [0, 0.1) is 0 Å². The Morgan fingerprint density at radius 2 is 1.91 bits per heavy atom. The topological polar surface area (TPSA) is 82.8 Å². The van der Waals surface area contributed by atoms with Crippen LogP contribution in [0.3, 0.4) is 0 Å². The van der Waals surface area contributed by atoms with Crippen LogP contribution in [0.25, 0.3) is 0 Å². The van der Waals surface area contributed by atoms with Gasteiger partial charge in [0.25, 0.3) is 5.91 Å². The number of hydrogen-bond donors (Lipinski definition) is 2. The quantitative estimate of drug-likeness (QED) is 0.684. The Morgan fingerprint density at radius 3 is 2.41 bits per heavy atom. The van der Waals surface area contributed by atoms with Gasteiger partial charge >= 0.3 is 5.97 Å². The van der Waals surface area contributed by atoms with Crippen molar-refractivity contribution < 1.29 is 19.1 Å². The van der Waals surface area contributed by atoms with E-state index in [9.17, 15) is 9.59 Å². The van der Waals surface area contributed by atoms with Crippen molar-refractivity contribution in [3.63, 3.8) is 0 Å². The van der Waals surface area contributed by atoms with Crippen LogP contribution in [-0.2, 0) is 4.79 Å². The summed E-state index contributed by atoms with van der Waals surface area (Å²) in [5.41, 5.74) is 0. The molecule has 1 aromatic rings. The maximum Gasteiger partial charge on any atom is 0.325 e. The maximum absolute atomic E-state index is 11.9. The standard InChI is InChI=1S/C16H22N2O4/c1-5-9-18(10-6-2)12(4)13-7-8-14(22-13)15(19)17-11(3)16(20)21/h5-8,11-12H,1-2,9-10H2,3-4H3,(H,17,19)(H,20,21). The summed E-state index contributed by atoms with van der Waals surface area (Å²) in [4.78, 5) is 24.7. The van der Waals surface area contributed by atoms with Crippen molar-refractivity contribution in [2.75, 3.05) is 13.1 Å². The average molecular weight is 306 g/mol. The number of carboxylic acid groups (broad SMARTS) is 1. The number of furan rings is 1. The van der Waals surface area contributed by atoms with Crippen LogP contribution in [0.5, 0.6) is 0 Å². The lowest BCUT2D eigenvalue weighted by Gasteiger charge is -2.24. The number of rotatable bonds is 9. The normalized spacial score (nSPS) is 13.4. The van der Waals surface area contributed by atoms with E-state index in [4.69, 9.17) is 9.52 Å². The van der Waals surface area contributed by atoms with Gasteiger partial charge in [-0.05, 0) is 26.0 Å². The second-order valence-corrected chi connectivity index (χ2v) is 4.94. The fraction of sp³-hybridized carbons (Fsp3) is 0.375. The lowest BCUT2D eigenvalue weighted by atomic mass is 10.2. The second kappa shape index (κ2) is 8.19. The third kappa shape index (κ3) is 4.60. The Morgan fingerprint density at radius 1 is 1.32 bits per heavy atom. The zero-order chi connectivity index (χ0) is 16.7. The van der Waals surface area contributed by atoms with Gasteiger partial charge in [0, 0.05) is 13.1 Å². The van der Waals surface area contributed by atoms with Gasteiger partial charge in [-0.15, -0.1) is 13.2 Å². The van der Waals surface area contributed by atoms with Crippen molar-refractivity contribution in [3.8, 4) is 0 Å². The SMILES string of the molecule is C=CCN(CC=C)C(C)c1ccc(C(=O)NC(C)C(=O)O)o1. The van der Waals surface area contributed by atoms with Gasteiger partial charge in [-0.1, -0.05) is 12.2 Å². The van der Waals surface area contributed by atoms with Gasteiger partial charge in [-0.3, -0.25) is 14.5 Å². The molecule has 0 aromatic carbocycles. The maximum atomic E-state index is 11.9. The zero-order valence-corrected chi connectivity index (χ0v) is 12.9. The van der Waals surface area contributed by atoms with Crippen LogP contribution in [0.4, 0.5) is 0 Å². The molecule has 0 aliphatic rings. The van der Waals surface area contributed by atoms with Gasteiger partial charge in [0.05, 0.1) is 6.04 Å². The summed E-state index contributed by atoms with van der Waals surface area (Å²) in [6.07, 6.45) is 3.57. The molecule has 2 N–H and O–H groups in total. The minimum atomic E-state index is -1.10. The summed E-state index contributed by atoms with van der Waals surface area (Å²) < 4.78 is 5.55. The van der Waals surface area contributed by atoms with E-state index in [0.717, 1.165) is 0 Å². The number of nitrogens with zero attached hydrogens (tertiary/aromatic N) is 1. The first kappa shape index (κ1) is 17.7. The number of hydrogen-bond acceptors (Lipinski definition) is 4. The Kier molecular flexibility index (Phi) is 6.59. The van der Waals surface area contributed by atoms with Crippen LogP contribution >= 0.6 is 0 Å². The monoisotopic (exact) mass is 306 g/mol.